The zero-order valence-corrected chi connectivity index (χ0v) is 9.21. The number of likely N-dealkylation sites (N-methyl/N-ethyl adjacent to an activating group) is 1. The molecule has 0 saturated heterocycles. The van der Waals surface area contributed by atoms with Crippen molar-refractivity contribution in [1.29, 1.82) is 0 Å². The molecule has 0 aliphatic rings. The third-order valence-electron chi connectivity index (χ3n) is 2.26. The first kappa shape index (κ1) is 13.4. The highest BCUT2D eigenvalue weighted by atomic mass is 16.5. The fourth-order valence-electron chi connectivity index (χ4n) is 1.35. The fraction of sp³-hybridized carbons (Fsp3) is 0.900. The van der Waals surface area contributed by atoms with E-state index in [2.05, 4.69) is 10.6 Å². The van der Waals surface area contributed by atoms with Crippen LogP contribution in [0.2, 0.25) is 0 Å². The van der Waals surface area contributed by atoms with Crippen LogP contribution in [0.4, 0.5) is 0 Å². The van der Waals surface area contributed by atoms with Crippen LogP contribution < -0.4 is 10.6 Å². The third kappa shape index (κ3) is 8.01. The Kier molecular flexibility index (Phi) is 10.0. The van der Waals surface area contributed by atoms with Gasteiger partial charge >= 0.3 is 0 Å². The highest BCUT2D eigenvalue weighted by Crippen LogP contribution is 2.03. The van der Waals surface area contributed by atoms with E-state index in [4.69, 9.17) is 4.74 Å². The highest BCUT2D eigenvalue weighted by Gasteiger charge is 2.03. The van der Waals surface area contributed by atoms with Gasteiger partial charge in [-0.2, -0.15) is 0 Å². The predicted octanol–water partition coefficient (Wildman–Crippen LogP) is 0.527. The number of hydrogen-bond donors (Lipinski definition) is 2. The van der Waals surface area contributed by atoms with Crippen molar-refractivity contribution in [2.45, 2.75) is 31.7 Å². The zero-order chi connectivity index (χ0) is 10.6. The molecular formula is C10H22N2O2. The third-order valence-corrected chi connectivity index (χ3v) is 2.26. The van der Waals surface area contributed by atoms with Crippen LogP contribution in [0.1, 0.15) is 25.7 Å². The van der Waals surface area contributed by atoms with Gasteiger partial charge in [-0.1, -0.05) is 12.8 Å². The van der Waals surface area contributed by atoms with Gasteiger partial charge in [0.15, 0.2) is 0 Å². The molecule has 1 atom stereocenters. The second-order valence-corrected chi connectivity index (χ2v) is 3.35. The first-order chi connectivity index (χ1) is 6.85. The lowest BCUT2D eigenvalue weighted by molar-refractivity contribution is -0.109. The average Bonchev–Trinajstić information content (AvgIpc) is 2.22. The molecule has 4 nitrogen and oxygen atoms in total. The Bertz CT molecular complexity index is 131. The van der Waals surface area contributed by atoms with Crippen LogP contribution in [0, 0.1) is 0 Å². The van der Waals surface area contributed by atoms with E-state index in [9.17, 15) is 4.79 Å². The zero-order valence-electron chi connectivity index (χ0n) is 9.21. The summed E-state index contributed by atoms with van der Waals surface area (Å²) >= 11 is 0. The summed E-state index contributed by atoms with van der Waals surface area (Å²) in [5.41, 5.74) is 0. The van der Waals surface area contributed by atoms with Gasteiger partial charge in [-0.3, -0.25) is 4.79 Å². The van der Waals surface area contributed by atoms with Crippen LogP contribution in [0.15, 0.2) is 0 Å². The topological polar surface area (TPSA) is 50.4 Å². The molecule has 1 amide bonds. The predicted molar refractivity (Wildman–Crippen MR) is 57.3 cm³/mol. The van der Waals surface area contributed by atoms with Gasteiger partial charge in [0, 0.05) is 26.3 Å². The second kappa shape index (κ2) is 10.5. The van der Waals surface area contributed by atoms with Crippen molar-refractivity contribution < 1.29 is 9.53 Å². The molecule has 0 heterocycles. The SMILES string of the molecule is CNC(CCCCCOC)CNC=O. The van der Waals surface area contributed by atoms with Crippen molar-refractivity contribution in [1.82, 2.24) is 10.6 Å². The van der Waals surface area contributed by atoms with E-state index in [0.717, 1.165) is 25.9 Å². The van der Waals surface area contributed by atoms with E-state index < -0.39 is 0 Å². The van der Waals surface area contributed by atoms with Crippen LogP contribution in [0.25, 0.3) is 0 Å². The maximum Gasteiger partial charge on any atom is 0.207 e. The molecule has 0 aromatic heterocycles. The highest BCUT2D eigenvalue weighted by molar-refractivity contribution is 5.45. The van der Waals surface area contributed by atoms with Crippen molar-refractivity contribution in [2.75, 3.05) is 27.3 Å². The van der Waals surface area contributed by atoms with Crippen LogP contribution in [-0.2, 0) is 9.53 Å². The number of nitrogens with one attached hydrogen (secondary N) is 2. The molecule has 0 radical (unpaired) electrons. The number of ether oxygens (including phenoxy) is 1. The monoisotopic (exact) mass is 202 g/mol. The van der Waals surface area contributed by atoms with Crippen molar-refractivity contribution in [3.05, 3.63) is 0 Å². The molecule has 0 saturated carbocycles. The van der Waals surface area contributed by atoms with Crippen LogP contribution in [0.5, 0.6) is 0 Å². The van der Waals surface area contributed by atoms with Gasteiger partial charge in [-0.25, -0.2) is 0 Å². The Morgan fingerprint density at radius 2 is 2.14 bits per heavy atom. The van der Waals surface area contributed by atoms with Crippen molar-refractivity contribution in [2.24, 2.45) is 0 Å². The van der Waals surface area contributed by atoms with Crippen LogP contribution in [-0.4, -0.2) is 39.8 Å². The van der Waals surface area contributed by atoms with Gasteiger partial charge in [-0.15, -0.1) is 0 Å². The molecular weight excluding hydrogens is 180 g/mol. The molecule has 0 fully saturated rings. The molecule has 0 aliphatic carbocycles. The molecule has 1 unspecified atom stereocenters. The summed E-state index contributed by atoms with van der Waals surface area (Å²) in [6, 6.07) is 0.391. The van der Waals surface area contributed by atoms with Gasteiger partial charge in [-0.05, 0) is 19.9 Å². The number of amides is 1. The fourth-order valence-corrected chi connectivity index (χ4v) is 1.35. The Labute approximate surface area is 86.4 Å². The molecule has 4 heteroatoms. The van der Waals surface area contributed by atoms with E-state index >= 15 is 0 Å². The van der Waals surface area contributed by atoms with E-state index in [0.29, 0.717) is 12.6 Å². The average molecular weight is 202 g/mol. The lowest BCUT2D eigenvalue weighted by Crippen LogP contribution is -2.35. The summed E-state index contributed by atoms with van der Waals surface area (Å²) in [6.07, 6.45) is 5.33. The minimum atomic E-state index is 0.391. The number of methoxy groups -OCH3 is 1. The minimum absolute atomic E-state index is 0.391. The standard InChI is InChI=1S/C10H22N2O2/c1-11-10(8-12-9-13)6-4-3-5-7-14-2/h9-11H,3-8H2,1-2H3,(H,12,13). The van der Waals surface area contributed by atoms with E-state index in [-0.39, 0.29) is 0 Å². The van der Waals surface area contributed by atoms with Gasteiger partial charge in [0.25, 0.3) is 0 Å². The Morgan fingerprint density at radius 3 is 2.71 bits per heavy atom. The van der Waals surface area contributed by atoms with E-state index in [1.807, 2.05) is 7.05 Å². The minimum Gasteiger partial charge on any atom is -0.385 e. The van der Waals surface area contributed by atoms with Gasteiger partial charge < -0.3 is 15.4 Å². The molecule has 0 rings (SSSR count). The first-order valence-electron chi connectivity index (χ1n) is 5.18. The van der Waals surface area contributed by atoms with E-state index in [1.54, 1.807) is 7.11 Å². The van der Waals surface area contributed by atoms with Gasteiger partial charge in [0.1, 0.15) is 0 Å². The molecule has 0 spiro atoms. The maximum atomic E-state index is 10.1. The molecule has 0 aromatic rings. The summed E-state index contributed by atoms with van der Waals surface area (Å²) in [6.45, 7) is 1.56. The summed E-state index contributed by atoms with van der Waals surface area (Å²) < 4.78 is 4.97. The molecule has 2 N–H and O–H groups in total. The largest absolute Gasteiger partial charge is 0.385 e. The number of carbonyl (C=O) groups is 1. The van der Waals surface area contributed by atoms with Crippen LogP contribution >= 0.6 is 0 Å². The van der Waals surface area contributed by atoms with Crippen LogP contribution in [0.3, 0.4) is 0 Å². The van der Waals surface area contributed by atoms with E-state index in [1.165, 1.54) is 12.8 Å². The molecule has 84 valence electrons. The summed E-state index contributed by atoms with van der Waals surface area (Å²) in [4.78, 5) is 10.1. The lowest BCUT2D eigenvalue weighted by atomic mass is 10.1. The van der Waals surface area contributed by atoms with Crippen molar-refractivity contribution in [3.8, 4) is 0 Å². The van der Waals surface area contributed by atoms with Gasteiger partial charge in [0.05, 0.1) is 0 Å². The Hall–Kier alpha value is -0.610. The summed E-state index contributed by atoms with van der Waals surface area (Å²) in [7, 11) is 3.65. The number of carbonyl (C=O) groups excluding carboxylic acids is 1. The smallest absolute Gasteiger partial charge is 0.207 e. The number of unbranched alkanes of at least 4 members (excludes halogenated alkanes) is 2. The van der Waals surface area contributed by atoms with Gasteiger partial charge in [0.2, 0.25) is 6.41 Å². The number of rotatable bonds is 10. The quantitative estimate of drug-likeness (QED) is 0.401. The number of hydrogen-bond acceptors (Lipinski definition) is 3. The first-order valence-corrected chi connectivity index (χ1v) is 5.18. The normalized spacial score (nSPS) is 12.4. The Balaban J connectivity index is 3.28. The molecule has 0 aliphatic heterocycles. The summed E-state index contributed by atoms with van der Waals surface area (Å²) in [5.74, 6) is 0. The summed E-state index contributed by atoms with van der Waals surface area (Å²) in [5, 5.41) is 5.86. The molecule has 0 aromatic carbocycles. The second-order valence-electron chi connectivity index (χ2n) is 3.35. The van der Waals surface area contributed by atoms with Crippen molar-refractivity contribution in [3.63, 3.8) is 0 Å². The Morgan fingerprint density at radius 1 is 1.36 bits per heavy atom. The molecule has 0 bridgehead atoms. The van der Waals surface area contributed by atoms with Crippen molar-refractivity contribution >= 4 is 6.41 Å². The molecule has 14 heavy (non-hydrogen) atoms. The lowest BCUT2D eigenvalue weighted by Gasteiger charge is -2.14. The maximum absolute atomic E-state index is 10.1.